The molecule has 17 heavy (non-hydrogen) atoms. The number of hydrogen-bond donors (Lipinski definition) is 1. The van der Waals surface area contributed by atoms with Crippen molar-refractivity contribution in [3.05, 3.63) is 35.4 Å². The van der Waals surface area contributed by atoms with E-state index in [1.165, 1.54) is 12.1 Å². The smallest absolute Gasteiger partial charge is 0.393 e. The van der Waals surface area contributed by atoms with E-state index in [0.29, 0.717) is 0 Å². The number of benzene rings is 1. The molecule has 0 saturated heterocycles. The summed E-state index contributed by atoms with van der Waals surface area (Å²) in [7, 11) is 0. The molecule has 0 spiro atoms. The Kier molecular flexibility index (Phi) is 3.17. The zero-order valence-electron chi connectivity index (χ0n) is 9.54. The van der Waals surface area contributed by atoms with Gasteiger partial charge in [-0.3, -0.25) is 0 Å². The largest absolute Gasteiger partial charge is 0.416 e. The molecule has 1 fully saturated rings. The lowest BCUT2D eigenvalue weighted by Gasteiger charge is -2.18. The number of aliphatic hydroxyl groups excluding tert-OH is 1. The highest BCUT2D eigenvalue weighted by Crippen LogP contribution is 2.40. The van der Waals surface area contributed by atoms with Gasteiger partial charge in [0, 0.05) is 0 Å². The topological polar surface area (TPSA) is 20.2 Å². The molecular formula is C13H15F3O. The third kappa shape index (κ3) is 2.46. The Morgan fingerprint density at radius 1 is 1.12 bits per heavy atom. The molecule has 0 aliphatic heterocycles. The molecule has 1 aromatic carbocycles. The maximum absolute atomic E-state index is 12.4. The quantitative estimate of drug-likeness (QED) is 0.800. The molecule has 3 unspecified atom stereocenters. The molecule has 1 aromatic rings. The van der Waals surface area contributed by atoms with Crippen LogP contribution in [0.1, 0.15) is 36.8 Å². The number of halogens is 3. The Morgan fingerprint density at radius 3 is 2.12 bits per heavy atom. The summed E-state index contributed by atoms with van der Waals surface area (Å²) in [4.78, 5) is 0. The van der Waals surface area contributed by atoms with E-state index in [4.69, 9.17) is 0 Å². The van der Waals surface area contributed by atoms with Crippen molar-refractivity contribution in [2.24, 2.45) is 5.92 Å². The summed E-state index contributed by atoms with van der Waals surface area (Å²) in [6, 6.07) is 5.30. The van der Waals surface area contributed by atoms with Crippen molar-refractivity contribution in [1.82, 2.24) is 0 Å². The molecule has 0 heterocycles. The van der Waals surface area contributed by atoms with E-state index in [1.54, 1.807) is 0 Å². The Labute approximate surface area is 98.3 Å². The highest BCUT2D eigenvalue weighted by Gasteiger charge is 2.34. The SMILES string of the molecule is CC1C(O)CCC1c1ccc(C(F)(F)F)cc1. The van der Waals surface area contributed by atoms with Gasteiger partial charge in [-0.1, -0.05) is 19.1 Å². The standard InChI is InChI=1S/C13H15F3O/c1-8-11(6-7-12(8)17)9-2-4-10(5-3-9)13(14,15)16/h2-5,8,11-12,17H,6-7H2,1H3. The molecule has 0 aromatic heterocycles. The summed E-state index contributed by atoms with van der Waals surface area (Å²) < 4.78 is 37.2. The molecule has 94 valence electrons. The highest BCUT2D eigenvalue weighted by atomic mass is 19.4. The minimum absolute atomic E-state index is 0.117. The van der Waals surface area contributed by atoms with Crippen molar-refractivity contribution in [3.63, 3.8) is 0 Å². The van der Waals surface area contributed by atoms with Crippen LogP contribution in [-0.2, 0) is 6.18 Å². The summed E-state index contributed by atoms with van der Waals surface area (Å²) in [6.45, 7) is 1.94. The van der Waals surface area contributed by atoms with Crippen LogP contribution in [0.2, 0.25) is 0 Å². The summed E-state index contributed by atoms with van der Waals surface area (Å²) >= 11 is 0. The molecule has 2 rings (SSSR count). The van der Waals surface area contributed by atoms with Crippen LogP contribution < -0.4 is 0 Å². The fourth-order valence-electron chi connectivity index (χ4n) is 2.53. The first-order valence-electron chi connectivity index (χ1n) is 5.75. The van der Waals surface area contributed by atoms with Crippen LogP contribution in [0.25, 0.3) is 0 Å². The van der Waals surface area contributed by atoms with Gasteiger partial charge in [-0.05, 0) is 42.4 Å². The van der Waals surface area contributed by atoms with Gasteiger partial charge < -0.3 is 5.11 Å². The van der Waals surface area contributed by atoms with Gasteiger partial charge in [-0.15, -0.1) is 0 Å². The van der Waals surface area contributed by atoms with E-state index in [-0.39, 0.29) is 17.9 Å². The van der Waals surface area contributed by atoms with Crippen LogP contribution in [-0.4, -0.2) is 11.2 Å². The molecular weight excluding hydrogens is 229 g/mol. The second-order valence-electron chi connectivity index (χ2n) is 4.73. The van der Waals surface area contributed by atoms with Crippen LogP contribution in [0.4, 0.5) is 13.2 Å². The molecule has 4 heteroatoms. The number of aliphatic hydroxyl groups is 1. The minimum atomic E-state index is -4.28. The lowest BCUT2D eigenvalue weighted by Crippen LogP contribution is -2.14. The fraction of sp³-hybridized carbons (Fsp3) is 0.538. The van der Waals surface area contributed by atoms with Crippen molar-refractivity contribution in [1.29, 1.82) is 0 Å². The van der Waals surface area contributed by atoms with Gasteiger partial charge in [0.25, 0.3) is 0 Å². The third-order valence-electron chi connectivity index (χ3n) is 3.68. The van der Waals surface area contributed by atoms with Crippen LogP contribution in [0.15, 0.2) is 24.3 Å². The monoisotopic (exact) mass is 244 g/mol. The van der Waals surface area contributed by atoms with Crippen LogP contribution in [0, 0.1) is 5.92 Å². The number of alkyl halides is 3. The highest BCUT2D eigenvalue weighted by molar-refractivity contribution is 5.28. The second kappa shape index (κ2) is 4.33. The van der Waals surface area contributed by atoms with E-state index >= 15 is 0 Å². The molecule has 0 bridgehead atoms. The third-order valence-corrected chi connectivity index (χ3v) is 3.68. The van der Waals surface area contributed by atoms with Gasteiger partial charge in [0.05, 0.1) is 11.7 Å². The van der Waals surface area contributed by atoms with Gasteiger partial charge in [0.1, 0.15) is 0 Å². The Balaban J connectivity index is 2.19. The van der Waals surface area contributed by atoms with E-state index in [1.807, 2.05) is 6.92 Å². The van der Waals surface area contributed by atoms with Gasteiger partial charge in [-0.2, -0.15) is 13.2 Å². The second-order valence-corrected chi connectivity index (χ2v) is 4.73. The zero-order valence-corrected chi connectivity index (χ0v) is 9.54. The summed E-state index contributed by atoms with van der Waals surface area (Å²) in [5, 5.41) is 9.63. The lowest BCUT2D eigenvalue weighted by molar-refractivity contribution is -0.137. The maximum Gasteiger partial charge on any atom is 0.416 e. The first kappa shape index (κ1) is 12.4. The number of hydrogen-bond acceptors (Lipinski definition) is 1. The first-order valence-corrected chi connectivity index (χ1v) is 5.75. The molecule has 3 atom stereocenters. The van der Waals surface area contributed by atoms with E-state index < -0.39 is 11.7 Å². The molecule has 1 saturated carbocycles. The van der Waals surface area contributed by atoms with Crippen molar-refractivity contribution in [3.8, 4) is 0 Å². The maximum atomic E-state index is 12.4. The number of rotatable bonds is 1. The van der Waals surface area contributed by atoms with Crippen LogP contribution >= 0.6 is 0 Å². The lowest BCUT2D eigenvalue weighted by atomic mass is 9.89. The van der Waals surface area contributed by atoms with E-state index in [0.717, 1.165) is 30.5 Å². The van der Waals surface area contributed by atoms with Gasteiger partial charge in [0.2, 0.25) is 0 Å². The fourth-order valence-corrected chi connectivity index (χ4v) is 2.53. The predicted octanol–water partition coefficient (Wildman–Crippen LogP) is 3.58. The van der Waals surface area contributed by atoms with Gasteiger partial charge >= 0.3 is 6.18 Å². The summed E-state index contributed by atoms with van der Waals surface area (Å²) in [5.41, 5.74) is 0.273. The van der Waals surface area contributed by atoms with Crippen LogP contribution in [0.3, 0.4) is 0 Å². The Bertz CT molecular complexity index is 383. The van der Waals surface area contributed by atoms with Crippen molar-refractivity contribution in [2.45, 2.75) is 38.0 Å². The first-order chi connectivity index (χ1) is 7.89. The average molecular weight is 244 g/mol. The Morgan fingerprint density at radius 2 is 1.71 bits per heavy atom. The average Bonchev–Trinajstić information content (AvgIpc) is 2.59. The van der Waals surface area contributed by atoms with Gasteiger partial charge in [-0.25, -0.2) is 0 Å². The molecule has 1 N–H and O–H groups in total. The minimum Gasteiger partial charge on any atom is -0.393 e. The summed E-state index contributed by atoms with van der Waals surface area (Å²) in [5.74, 6) is 0.291. The molecule has 1 nitrogen and oxygen atoms in total. The Hall–Kier alpha value is -1.03. The normalized spacial score (nSPS) is 29.6. The molecule has 1 aliphatic carbocycles. The van der Waals surface area contributed by atoms with E-state index in [9.17, 15) is 18.3 Å². The van der Waals surface area contributed by atoms with Crippen molar-refractivity contribution in [2.75, 3.05) is 0 Å². The predicted molar refractivity (Wildman–Crippen MR) is 58.6 cm³/mol. The summed E-state index contributed by atoms with van der Waals surface area (Å²) in [6.07, 6.45) is -3.04. The van der Waals surface area contributed by atoms with Crippen molar-refractivity contribution < 1.29 is 18.3 Å². The van der Waals surface area contributed by atoms with Gasteiger partial charge in [0.15, 0.2) is 0 Å². The zero-order chi connectivity index (χ0) is 12.6. The molecule has 1 aliphatic rings. The molecule has 0 radical (unpaired) electrons. The van der Waals surface area contributed by atoms with E-state index in [2.05, 4.69) is 0 Å². The molecule has 0 amide bonds. The van der Waals surface area contributed by atoms with Crippen molar-refractivity contribution >= 4 is 0 Å². The van der Waals surface area contributed by atoms with Crippen LogP contribution in [0.5, 0.6) is 0 Å².